The molecule has 0 saturated carbocycles. The lowest BCUT2D eigenvalue weighted by Gasteiger charge is -2.43. The molecular weight excluding hydrogens is 256 g/mol. The van der Waals surface area contributed by atoms with Crippen LogP contribution in [0.1, 0.15) is 30.5 Å². The molecule has 4 nitrogen and oxygen atoms in total. The summed E-state index contributed by atoms with van der Waals surface area (Å²) in [5.41, 5.74) is 1.26. The maximum absolute atomic E-state index is 4.74. The summed E-state index contributed by atoms with van der Waals surface area (Å²) in [4.78, 5) is 9.91. The van der Waals surface area contributed by atoms with E-state index in [4.69, 9.17) is 4.98 Å². The summed E-state index contributed by atoms with van der Waals surface area (Å²) >= 11 is 1.81. The average Bonchev–Trinajstić information content (AvgIpc) is 2.78. The van der Waals surface area contributed by atoms with Gasteiger partial charge in [-0.1, -0.05) is 13.8 Å². The summed E-state index contributed by atoms with van der Waals surface area (Å²) in [6.07, 6.45) is 0. The van der Waals surface area contributed by atoms with Crippen LogP contribution in [-0.2, 0) is 6.54 Å². The van der Waals surface area contributed by atoms with Crippen LogP contribution < -0.4 is 5.32 Å². The van der Waals surface area contributed by atoms with Gasteiger partial charge < -0.3 is 5.32 Å². The normalized spacial score (nSPS) is 22.9. The first kappa shape index (κ1) is 13.5. The van der Waals surface area contributed by atoms with Crippen molar-refractivity contribution in [2.75, 3.05) is 39.3 Å². The van der Waals surface area contributed by atoms with Crippen molar-refractivity contribution in [3.05, 3.63) is 16.1 Å². The third-order valence-corrected chi connectivity index (χ3v) is 5.33. The zero-order chi connectivity index (χ0) is 13.2. The molecule has 0 atom stereocenters. The van der Waals surface area contributed by atoms with E-state index in [1.807, 2.05) is 11.3 Å². The molecule has 2 aliphatic heterocycles. The van der Waals surface area contributed by atoms with E-state index in [1.165, 1.54) is 50.0 Å². The maximum atomic E-state index is 4.74. The Hall–Kier alpha value is -0.490. The molecular formula is C14H24N4S. The molecule has 3 heterocycles. The van der Waals surface area contributed by atoms with Crippen molar-refractivity contribution in [3.8, 4) is 0 Å². The Bertz CT molecular complexity index is 405. The average molecular weight is 280 g/mol. The lowest BCUT2D eigenvalue weighted by atomic mass is 10.1. The van der Waals surface area contributed by atoms with Crippen molar-refractivity contribution in [2.24, 2.45) is 0 Å². The van der Waals surface area contributed by atoms with Gasteiger partial charge in [-0.05, 0) is 0 Å². The van der Waals surface area contributed by atoms with Crippen molar-refractivity contribution < 1.29 is 0 Å². The Balaban J connectivity index is 1.48. The van der Waals surface area contributed by atoms with Gasteiger partial charge in [0.05, 0.1) is 10.7 Å². The van der Waals surface area contributed by atoms with Gasteiger partial charge in [0.2, 0.25) is 0 Å². The summed E-state index contributed by atoms with van der Waals surface area (Å²) in [6, 6.07) is 0.800. The monoisotopic (exact) mass is 280 g/mol. The topological polar surface area (TPSA) is 31.4 Å². The third-order valence-electron chi connectivity index (χ3n) is 4.13. The fourth-order valence-corrected chi connectivity index (χ4v) is 3.53. The molecule has 0 radical (unpaired) electrons. The van der Waals surface area contributed by atoms with Crippen LogP contribution >= 0.6 is 11.3 Å². The van der Waals surface area contributed by atoms with Gasteiger partial charge in [-0.25, -0.2) is 4.98 Å². The number of nitrogens with one attached hydrogen (secondary N) is 1. The van der Waals surface area contributed by atoms with Crippen LogP contribution in [0, 0.1) is 0 Å². The second kappa shape index (κ2) is 5.87. The van der Waals surface area contributed by atoms with Crippen LogP contribution in [0.3, 0.4) is 0 Å². The molecule has 2 aliphatic rings. The van der Waals surface area contributed by atoms with Gasteiger partial charge in [0.25, 0.3) is 0 Å². The quantitative estimate of drug-likeness (QED) is 0.902. The van der Waals surface area contributed by atoms with E-state index in [-0.39, 0.29) is 0 Å². The van der Waals surface area contributed by atoms with E-state index in [9.17, 15) is 0 Å². The fourth-order valence-electron chi connectivity index (χ4n) is 2.71. The van der Waals surface area contributed by atoms with Crippen molar-refractivity contribution in [3.63, 3.8) is 0 Å². The molecule has 0 aliphatic carbocycles. The molecule has 2 saturated heterocycles. The summed E-state index contributed by atoms with van der Waals surface area (Å²) in [5, 5.41) is 6.87. The van der Waals surface area contributed by atoms with E-state index >= 15 is 0 Å². The lowest BCUT2D eigenvalue weighted by molar-refractivity contribution is 0.0691. The van der Waals surface area contributed by atoms with E-state index in [2.05, 4.69) is 34.3 Å². The zero-order valence-electron chi connectivity index (χ0n) is 11.9. The molecule has 2 fully saturated rings. The molecule has 0 aromatic carbocycles. The van der Waals surface area contributed by atoms with E-state index in [0.717, 1.165) is 12.6 Å². The zero-order valence-corrected chi connectivity index (χ0v) is 12.7. The molecule has 1 N–H and O–H groups in total. The Morgan fingerprint density at radius 2 is 2.05 bits per heavy atom. The number of rotatable bonds is 4. The minimum absolute atomic E-state index is 0.557. The highest BCUT2D eigenvalue weighted by molar-refractivity contribution is 7.09. The highest BCUT2D eigenvalue weighted by atomic mass is 32.1. The first-order valence-corrected chi connectivity index (χ1v) is 8.22. The molecule has 106 valence electrons. The summed E-state index contributed by atoms with van der Waals surface area (Å²) < 4.78 is 0. The van der Waals surface area contributed by atoms with Gasteiger partial charge in [-0.3, -0.25) is 9.80 Å². The second-order valence-electron chi connectivity index (χ2n) is 5.96. The SMILES string of the molecule is CC(C)c1nc(CN2CCN(C3CNC3)CC2)cs1. The second-order valence-corrected chi connectivity index (χ2v) is 6.85. The number of hydrogen-bond donors (Lipinski definition) is 1. The highest BCUT2D eigenvalue weighted by Gasteiger charge is 2.27. The van der Waals surface area contributed by atoms with E-state index in [1.54, 1.807) is 0 Å². The molecule has 0 spiro atoms. The Labute approximate surface area is 119 Å². The van der Waals surface area contributed by atoms with Gasteiger partial charge in [0.1, 0.15) is 0 Å². The third kappa shape index (κ3) is 3.16. The Morgan fingerprint density at radius 3 is 2.58 bits per heavy atom. The van der Waals surface area contributed by atoms with E-state index in [0.29, 0.717) is 5.92 Å². The molecule has 5 heteroatoms. The predicted octanol–water partition coefficient (Wildman–Crippen LogP) is 1.36. The molecule has 0 bridgehead atoms. The number of aromatic nitrogens is 1. The minimum atomic E-state index is 0.557. The van der Waals surface area contributed by atoms with Crippen molar-refractivity contribution in [2.45, 2.75) is 32.4 Å². The Kier molecular flexibility index (Phi) is 4.17. The van der Waals surface area contributed by atoms with Crippen LogP contribution in [0.5, 0.6) is 0 Å². The lowest BCUT2D eigenvalue weighted by Crippen LogP contribution is -2.61. The fraction of sp³-hybridized carbons (Fsp3) is 0.786. The largest absolute Gasteiger partial charge is 0.314 e. The predicted molar refractivity (Wildman–Crippen MR) is 79.7 cm³/mol. The van der Waals surface area contributed by atoms with Gasteiger partial charge in [0.15, 0.2) is 0 Å². The molecule has 19 heavy (non-hydrogen) atoms. The smallest absolute Gasteiger partial charge is 0.0954 e. The number of nitrogens with zero attached hydrogens (tertiary/aromatic N) is 3. The first-order valence-electron chi connectivity index (χ1n) is 7.34. The van der Waals surface area contributed by atoms with E-state index < -0.39 is 0 Å². The molecule has 0 amide bonds. The van der Waals surface area contributed by atoms with Crippen LogP contribution in [0.2, 0.25) is 0 Å². The van der Waals surface area contributed by atoms with Crippen LogP contribution in [-0.4, -0.2) is 60.1 Å². The summed E-state index contributed by atoms with van der Waals surface area (Å²) in [6.45, 7) is 12.6. The van der Waals surface area contributed by atoms with Crippen LogP contribution in [0.25, 0.3) is 0 Å². The number of thiazole rings is 1. The Morgan fingerprint density at radius 1 is 1.32 bits per heavy atom. The molecule has 1 aromatic rings. The van der Waals surface area contributed by atoms with Gasteiger partial charge in [-0.2, -0.15) is 0 Å². The van der Waals surface area contributed by atoms with Gasteiger partial charge >= 0.3 is 0 Å². The maximum Gasteiger partial charge on any atom is 0.0954 e. The number of hydrogen-bond acceptors (Lipinski definition) is 5. The molecule has 3 rings (SSSR count). The summed E-state index contributed by atoms with van der Waals surface area (Å²) in [5.74, 6) is 0.557. The highest BCUT2D eigenvalue weighted by Crippen LogP contribution is 2.20. The number of piperazine rings is 1. The van der Waals surface area contributed by atoms with Crippen molar-refractivity contribution in [1.29, 1.82) is 0 Å². The standard InChI is InChI=1S/C14H24N4S/c1-11(2)14-16-12(10-19-14)9-17-3-5-18(6-4-17)13-7-15-8-13/h10-11,13,15H,3-9H2,1-2H3. The van der Waals surface area contributed by atoms with Crippen LogP contribution in [0.15, 0.2) is 5.38 Å². The van der Waals surface area contributed by atoms with Gasteiger partial charge in [-0.15, -0.1) is 11.3 Å². The first-order chi connectivity index (χ1) is 9.22. The molecule has 0 unspecified atom stereocenters. The van der Waals surface area contributed by atoms with Crippen molar-refractivity contribution in [1.82, 2.24) is 20.1 Å². The minimum Gasteiger partial charge on any atom is -0.314 e. The van der Waals surface area contributed by atoms with Crippen LogP contribution in [0.4, 0.5) is 0 Å². The molecule has 1 aromatic heterocycles. The summed E-state index contributed by atoms with van der Waals surface area (Å²) in [7, 11) is 0. The van der Waals surface area contributed by atoms with Crippen molar-refractivity contribution >= 4 is 11.3 Å². The van der Waals surface area contributed by atoms with Gasteiger partial charge in [0, 0.05) is 63.2 Å².